The number of thiophene rings is 1. The Bertz CT molecular complexity index is 1180. The van der Waals surface area contributed by atoms with E-state index in [1.165, 1.54) is 6.33 Å². The maximum Gasteiger partial charge on any atom is 0.393 e. The first-order valence-corrected chi connectivity index (χ1v) is 11.5. The number of nitrogens with one attached hydrogen (secondary N) is 1. The molecule has 1 spiro atoms. The van der Waals surface area contributed by atoms with Crippen molar-refractivity contribution in [2.45, 2.75) is 44.3 Å². The van der Waals surface area contributed by atoms with Crippen LogP contribution in [-0.4, -0.2) is 35.3 Å². The van der Waals surface area contributed by atoms with E-state index in [-0.39, 0.29) is 10.3 Å². The fourth-order valence-electron chi connectivity index (χ4n) is 5.16. The normalized spacial score (nSPS) is 23.2. The molecule has 166 valence electrons. The molecule has 5 rings (SSSR count). The van der Waals surface area contributed by atoms with Crippen molar-refractivity contribution in [3.8, 4) is 6.07 Å². The Kier molecular flexibility index (Phi) is 5.20. The van der Waals surface area contributed by atoms with E-state index in [9.17, 15) is 13.2 Å². The van der Waals surface area contributed by atoms with Crippen LogP contribution in [0.25, 0.3) is 10.2 Å². The number of rotatable bonds is 4. The number of fused-ring (bicyclic) bond motifs is 1. The highest BCUT2D eigenvalue weighted by Crippen LogP contribution is 2.48. The summed E-state index contributed by atoms with van der Waals surface area (Å²) in [6.07, 6.45) is 0.500. The van der Waals surface area contributed by atoms with Crippen LogP contribution in [0.4, 0.5) is 24.7 Å². The second kappa shape index (κ2) is 7.93. The molecule has 0 bridgehead atoms. The molecule has 1 aliphatic carbocycles. The van der Waals surface area contributed by atoms with Gasteiger partial charge in [0.1, 0.15) is 17.0 Å². The minimum atomic E-state index is -4.23. The second-order valence-electron chi connectivity index (χ2n) is 8.87. The molecule has 2 atom stereocenters. The number of anilines is 2. The fraction of sp³-hybridized carbons (Fsp3) is 0.435. The number of benzene rings is 1. The van der Waals surface area contributed by atoms with E-state index >= 15 is 0 Å². The number of nitriles is 1. The van der Waals surface area contributed by atoms with Crippen LogP contribution in [0, 0.1) is 16.7 Å². The summed E-state index contributed by atoms with van der Waals surface area (Å²) >= 11 is 1.09. The Hall–Kier alpha value is -2.86. The Morgan fingerprint density at radius 3 is 2.94 bits per heavy atom. The SMILES string of the molecule is N#Cc1cccc(NC2CCC3(CCN(c4ncnc5sc(CC(F)(F)F)cc45)C3)C2)c1. The molecule has 2 aliphatic rings. The predicted molar refractivity (Wildman–Crippen MR) is 119 cm³/mol. The molecule has 32 heavy (non-hydrogen) atoms. The minimum Gasteiger partial charge on any atom is -0.382 e. The van der Waals surface area contributed by atoms with Gasteiger partial charge in [0.15, 0.2) is 0 Å². The van der Waals surface area contributed by atoms with Crippen molar-refractivity contribution in [2.75, 3.05) is 23.3 Å². The standard InChI is InChI=1S/C23H22F3N5S/c24-23(25,26)11-18-9-19-20(28-14-29-21(19)32-18)31-7-6-22(13-31)5-4-17(10-22)30-16-3-1-2-15(8-16)12-27/h1-3,8-9,14,17,30H,4-7,10-11,13H2. The summed E-state index contributed by atoms with van der Waals surface area (Å²) in [7, 11) is 0. The lowest BCUT2D eigenvalue weighted by Crippen LogP contribution is -2.27. The molecule has 3 aromatic rings. The summed E-state index contributed by atoms with van der Waals surface area (Å²) in [5.74, 6) is 0.745. The van der Waals surface area contributed by atoms with Crippen molar-refractivity contribution in [2.24, 2.45) is 5.41 Å². The zero-order valence-corrected chi connectivity index (χ0v) is 18.1. The molecule has 9 heteroatoms. The minimum absolute atomic E-state index is 0.173. The summed E-state index contributed by atoms with van der Waals surface area (Å²) in [4.78, 5) is 11.8. The van der Waals surface area contributed by atoms with Gasteiger partial charge in [-0.1, -0.05) is 6.07 Å². The highest BCUT2D eigenvalue weighted by Gasteiger charge is 2.44. The molecule has 2 aromatic heterocycles. The van der Waals surface area contributed by atoms with Crippen LogP contribution in [-0.2, 0) is 6.42 Å². The van der Waals surface area contributed by atoms with E-state index < -0.39 is 12.6 Å². The first-order valence-electron chi connectivity index (χ1n) is 10.6. The van der Waals surface area contributed by atoms with Gasteiger partial charge in [0.25, 0.3) is 0 Å². The van der Waals surface area contributed by atoms with Crippen molar-refractivity contribution in [3.05, 3.63) is 47.1 Å². The molecule has 0 amide bonds. The van der Waals surface area contributed by atoms with Gasteiger partial charge in [0.2, 0.25) is 0 Å². The molecule has 1 aromatic carbocycles. The number of aromatic nitrogens is 2. The maximum absolute atomic E-state index is 12.8. The zero-order chi connectivity index (χ0) is 22.3. The molecule has 3 heterocycles. The number of hydrogen-bond acceptors (Lipinski definition) is 6. The van der Waals surface area contributed by atoms with Crippen LogP contribution in [0.5, 0.6) is 0 Å². The first-order chi connectivity index (χ1) is 15.3. The molecular formula is C23H22F3N5S. The smallest absolute Gasteiger partial charge is 0.382 e. The van der Waals surface area contributed by atoms with Gasteiger partial charge in [0, 0.05) is 29.7 Å². The van der Waals surface area contributed by atoms with Crippen molar-refractivity contribution in [3.63, 3.8) is 0 Å². The van der Waals surface area contributed by atoms with Gasteiger partial charge < -0.3 is 10.2 Å². The van der Waals surface area contributed by atoms with Gasteiger partial charge in [-0.15, -0.1) is 11.3 Å². The number of alkyl halides is 3. The summed E-state index contributed by atoms with van der Waals surface area (Å²) in [5.41, 5.74) is 1.78. The van der Waals surface area contributed by atoms with E-state index in [0.29, 0.717) is 16.4 Å². The molecule has 1 saturated carbocycles. The number of hydrogen-bond donors (Lipinski definition) is 1. The van der Waals surface area contributed by atoms with E-state index in [1.54, 1.807) is 12.1 Å². The van der Waals surface area contributed by atoms with Crippen LogP contribution < -0.4 is 10.2 Å². The van der Waals surface area contributed by atoms with Crippen molar-refractivity contribution >= 4 is 33.1 Å². The molecule has 0 radical (unpaired) electrons. The van der Waals surface area contributed by atoms with Crippen molar-refractivity contribution in [1.82, 2.24) is 9.97 Å². The Morgan fingerprint density at radius 2 is 2.12 bits per heavy atom. The highest BCUT2D eigenvalue weighted by molar-refractivity contribution is 7.18. The average molecular weight is 458 g/mol. The van der Waals surface area contributed by atoms with Gasteiger partial charge in [-0.05, 0) is 55.4 Å². The third-order valence-electron chi connectivity index (χ3n) is 6.54. The van der Waals surface area contributed by atoms with E-state index in [1.807, 2.05) is 18.2 Å². The van der Waals surface area contributed by atoms with Gasteiger partial charge in [-0.3, -0.25) is 0 Å². The summed E-state index contributed by atoms with van der Waals surface area (Å²) in [6.45, 7) is 1.69. The van der Waals surface area contributed by atoms with E-state index in [0.717, 1.165) is 67.0 Å². The number of nitrogens with zero attached hydrogens (tertiary/aromatic N) is 4. The fourth-order valence-corrected chi connectivity index (χ4v) is 6.18. The molecule has 5 nitrogen and oxygen atoms in total. The van der Waals surface area contributed by atoms with Gasteiger partial charge >= 0.3 is 6.18 Å². The van der Waals surface area contributed by atoms with Gasteiger partial charge in [0.05, 0.1) is 23.4 Å². The lowest BCUT2D eigenvalue weighted by molar-refractivity contribution is -0.126. The third kappa shape index (κ3) is 4.24. The van der Waals surface area contributed by atoms with Crippen molar-refractivity contribution in [1.29, 1.82) is 5.26 Å². The third-order valence-corrected chi connectivity index (χ3v) is 7.58. The Balaban J connectivity index is 1.30. The molecule has 1 N–H and O–H groups in total. The number of halogens is 3. The first kappa shape index (κ1) is 21.0. The summed E-state index contributed by atoms with van der Waals surface area (Å²) < 4.78 is 38.5. The average Bonchev–Trinajstić information content (AvgIpc) is 3.45. The van der Waals surface area contributed by atoms with Crippen molar-refractivity contribution < 1.29 is 13.2 Å². The van der Waals surface area contributed by atoms with Crippen LogP contribution in [0.1, 0.15) is 36.1 Å². The van der Waals surface area contributed by atoms with Crippen LogP contribution >= 0.6 is 11.3 Å². The second-order valence-corrected chi connectivity index (χ2v) is 9.98. The van der Waals surface area contributed by atoms with Gasteiger partial charge in [-0.2, -0.15) is 18.4 Å². The van der Waals surface area contributed by atoms with Crippen LogP contribution in [0.15, 0.2) is 36.7 Å². The molecule has 1 saturated heterocycles. The summed E-state index contributed by atoms with van der Waals surface area (Å²) in [6, 6.07) is 11.7. The molecular weight excluding hydrogens is 435 g/mol. The summed E-state index contributed by atoms with van der Waals surface area (Å²) in [5, 5.41) is 13.4. The van der Waals surface area contributed by atoms with Crippen LogP contribution in [0.2, 0.25) is 0 Å². The lowest BCUT2D eigenvalue weighted by Gasteiger charge is -2.25. The largest absolute Gasteiger partial charge is 0.393 e. The molecule has 2 unspecified atom stereocenters. The molecule has 2 fully saturated rings. The zero-order valence-electron chi connectivity index (χ0n) is 17.3. The highest BCUT2D eigenvalue weighted by atomic mass is 32.1. The molecule has 1 aliphatic heterocycles. The van der Waals surface area contributed by atoms with E-state index in [2.05, 4.69) is 26.3 Å². The lowest BCUT2D eigenvalue weighted by atomic mass is 9.85. The Morgan fingerprint density at radius 1 is 1.25 bits per heavy atom. The quantitative estimate of drug-likeness (QED) is 0.558. The van der Waals surface area contributed by atoms with E-state index in [4.69, 9.17) is 5.26 Å². The maximum atomic E-state index is 12.8. The van der Waals surface area contributed by atoms with Crippen LogP contribution in [0.3, 0.4) is 0 Å². The monoisotopic (exact) mass is 457 g/mol. The van der Waals surface area contributed by atoms with Gasteiger partial charge in [-0.25, -0.2) is 9.97 Å². The topological polar surface area (TPSA) is 64.8 Å². The predicted octanol–water partition coefficient (Wildman–Crippen LogP) is 5.53. The Labute approximate surface area is 187 Å².